The lowest BCUT2D eigenvalue weighted by atomic mass is 10.0. The van der Waals surface area contributed by atoms with Gasteiger partial charge in [-0.15, -0.1) is 0 Å². The van der Waals surface area contributed by atoms with Crippen LogP contribution in [0, 0.1) is 11.3 Å². The number of anilines is 3. The summed E-state index contributed by atoms with van der Waals surface area (Å²) < 4.78 is 25.6. The first-order valence-electron chi connectivity index (χ1n) is 9.68. The highest BCUT2D eigenvalue weighted by Gasteiger charge is 2.17. The van der Waals surface area contributed by atoms with Crippen LogP contribution in [0.15, 0.2) is 23.4 Å². The van der Waals surface area contributed by atoms with Crippen LogP contribution >= 0.6 is 11.8 Å². The van der Waals surface area contributed by atoms with Gasteiger partial charge in [0.1, 0.15) is 0 Å². The molecule has 1 aromatic carbocycles. The van der Waals surface area contributed by atoms with E-state index in [4.69, 9.17) is 11.1 Å². The van der Waals surface area contributed by atoms with Gasteiger partial charge in [0.15, 0.2) is 5.16 Å². The maximum Gasteiger partial charge on any atom is 0.242 e. The number of aliphatic hydroxyl groups excluding tert-OH is 1. The molecular formula is C19H29N7O3S2. The molecule has 6 N–H and O–H groups in total. The summed E-state index contributed by atoms with van der Waals surface area (Å²) in [6, 6.07) is 5.15. The summed E-state index contributed by atoms with van der Waals surface area (Å²) in [4.78, 5) is 12.7. The Bertz CT molecular complexity index is 1020. The van der Waals surface area contributed by atoms with Gasteiger partial charge in [0.25, 0.3) is 0 Å². The van der Waals surface area contributed by atoms with Crippen molar-refractivity contribution >= 4 is 45.6 Å². The maximum absolute atomic E-state index is 11.7. The van der Waals surface area contributed by atoms with E-state index in [-0.39, 0.29) is 29.8 Å². The van der Waals surface area contributed by atoms with Gasteiger partial charge in [-0.3, -0.25) is 4.72 Å². The zero-order valence-electron chi connectivity index (χ0n) is 18.0. The Balaban J connectivity index is 2.32. The second kappa shape index (κ2) is 10.7. The van der Waals surface area contributed by atoms with E-state index in [1.165, 1.54) is 18.0 Å². The molecule has 1 heterocycles. The van der Waals surface area contributed by atoms with E-state index in [1.807, 2.05) is 26.8 Å². The number of nitrogens with one attached hydrogen (secondary N) is 3. The minimum Gasteiger partial charge on any atom is -0.398 e. The molecule has 0 saturated carbocycles. The molecule has 2 atom stereocenters. The van der Waals surface area contributed by atoms with Crippen molar-refractivity contribution in [3.05, 3.63) is 29.3 Å². The summed E-state index contributed by atoms with van der Waals surface area (Å²) in [5.74, 6) is 0.409. The second-order valence-corrected chi connectivity index (χ2v) is 10.6. The smallest absolute Gasteiger partial charge is 0.242 e. The number of aromatic nitrogens is 3. The monoisotopic (exact) mass is 467 g/mol. The number of sulfonamides is 1. The summed E-state index contributed by atoms with van der Waals surface area (Å²) in [6.45, 7) is 5.90. The zero-order valence-corrected chi connectivity index (χ0v) is 19.6. The van der Waals surface area contributed by atoms with Crippen molar-refractivity contribution in [2.45, 2.75) is 43.6 Å². The van der Waals surface area contributed by atoms with Crippen LogP contribution in [-0.2, 0) is 10.0 Å². The molecular weight excluding hydrogens is 438 g/mol. The Labute approximate surface area is 187 Å². The molecule has 0 saturated heterocycles. The molecule has 12 heteroatoms. The first-order valence-corrected chi connectivity index (χ1v) is 12.5. The molecule has 0 spiro atoms. The van der Waals surface area contributed by atoms with Crippen LogP contribution in [0.25, 0.3) is 0 Å². The minimum atomic E-state index is -3.58. The van der Waals surface area contributed by atoms with Crippen LogP contribution in [0.2, 0.25) is 0 Å². The minimum absolute atomic E-state index is 0.102. The van der Waals surface area contributed by atoms with Crippen molar-refractivity contribution in [2.24, 2.45) is 5.92 Å². The fourth-order valence-electron chi connectivity index (χ4n) is 2.82. The van der Waals surface area contributed by atoms with E-state index in [0.29, 0.717) is 28.7 Å². The van der Waals surface area contributed by atoms with E-state index in [0.717, 1.165) is 11.8 Å². The third kappa shape index (κ3) is 7.96. The lowest BCUT2D eigenvalue weighted by molar-refractivity contribution is 0.259. The molecule has 1 aromatic heterocycles. The topological polar surface area (TPSA) is 167 Å². The molecule has 170 valence electrons. The number of hydrogen-bond donors (Lipinski definition) is 5. The van der Waals surface area contributed by atoms with Gasteiger partial charge in [-0.2, -0.15) is 15.0 Å². The van der Waals surface area contributed by atoms with Gasteiger partial charge in [-0.05, 0) is 30.9 Å². The van der Waals surface area contributed by atoms with Crippen molar-refractivity contribution in [3.8, 4) is 0 Å². The molecule has 2 rings (SSSR count). The summed E-state index contributed by atoms with van der Waals surface area (Å²) in [5.41, 5.74) is 8.02. The Morgan fingerprint density at radius 3 is 2.45 bits per heavy atom. The Morgan fingerprint density at radius 2 is 1.90 bits per heavy atom. The fraction of sp³-hybridized carbons (Fsp3) is 0.474. The first-order chi connectivity index (χ1) is 14.5. The Morgan fingerprint density at radius 1 is 1.23 bits per heavy atom. The average Bonchev–Trinajstić information content (AvgIpc) is 2.65. The highest BCUT2D eigenvalue weighted by molar-refractivity contribution is 7.99. The van der Waals surface area contributed by atoms with Gasteiger partial charge in [-0.1, -0.05) is 37.7 Å². The van der Waals surface area contributed by atoms with Crippen LogP contribution in [0.5, 0.6) is 0 Å². The molecule has 0 fully saturated rings. The third-order valence-corrected chi connectivity index (χ3v) is 5.79. The fourth-order valence-corrected chi connectivity index (χ4v) is 4.12. The number of hydrogen-bond acceptors (Lipinski definition) is 10. The third-order valence-electron chi connectivity index (χ3n) is 4.22. The molecule has 0 aliphatic carbocycles. The van der Waals surface area contributed by atoms with Crippen LogP contribution < -0.4 is 15.8 Å². The number of nitrogens with two attached hydrogens (primary N) is 1. The number of thioether (sulfide) groups is 1. The lowest BCUT2D eigenvalue weighted by Gasteiger charge is -2.19. The maximum atomic E-state index is 11.7. The van der Waals surface area contributed by atoms with Gasteiger partial charge in [0, 0.05) is 22.7 Å². The molecule has 2 aromatic rings. The van der Waals surface area contributed by atoms with Gasteiger partial charge in [-0.25, -0.2) is 8.42 Å². The van der Waals surface area contributed by atoms with Gasteiger partial charge >= 0.3 is 0 Å². The molecule has 0 aliphatic rings. The van der Waals surface area contributed by atoms with Crippen LogP contribution in [0.1, 0.15) is 43.6 Å². The molecule has 0 aliphatic heterocycles. The SMILES string of the molecule is CC(C)C[C@H](CO)Nc1nc(NS(C)(=O)=O)nc(SC(C)c2ccc(C=N)c(N)c2)n1. The normalized spacial score (nSPS) is 13.6. The highest BCUT2D eigenvalue weighted by atomic mass is 32.2. The number of nitrogen functional groups attached to an aromatic ring is 1. The van der Waals surface area contributed by atoms with E-state index in [2.05, 4.69) is 25.0 Å². The number of nitrogens with zero attached hydrogens (tertiary/aromatic N) is 3. The summed E-state index contributed by atoms with van der Waals surface area (Å²) in [5, 5.41) is 20.3. The molecule has 10 nitrogen and oxygen atoms in total. The average molecular weight is 468 g/mol. The molecule has 0 bridgehead atoms. The van der Waals surface area contributed by atoms with Crippen LogP contribution in [-0.4, -0.2) is 53.6 Å². The largest absolute Gasteiger partial charge is 0.398 e. The number of benzene rings is 1. The van der Waals surface area contributed by atoms with Gasteiger partial charge in [0.2, 0.25) is 21.9 Å². The number of rotatable bonds is 11. The first kappa shape index (κ1) is 24.8. The van der Waals surface area contributed by atoms with Crippen molar-refractivity contribution < 1.29 is 13.5 Å². The lowest BCUT2D eigenvalue weighted by Crippen LogP contribution is -2.27. The summed E-state index contributed by atoms with van der Waals surface area (Å²) >= 11 is 1.31. The van der Waals surface area contributed by atoms with Gasteiger partial charge in [0.05, 0.1) is 18.9 Å². The molecule has 31 heavy (non-hydrogen) atoms. The van der Waals surface area contributed by atoms with Crippen LogP contribution in [0.3, 0.4) is 0 Å². The molecule has 1 unspecified atom stereocenters. The predicted octanol–water partition coefficient (Wildman–Crippen LogP) is 2.50. The Hall–Kier alpha value is -2.44. The van der Waals surface area contributed by atoms with Crippen molar-refractivity contribution in [2.75, 3.05) is 28.6 Å². The van der Waals surface area contributed by atoms with Crippen molar-refractivity contribution in [1.29, 1.82) is 5.41 Å². The summed E-state index contributed by atoms with van der Waals surface area (Å²) in [7, 11) is -3.58. The van der Waals surface area contributed by atoms with Crippen molar-refractivity contribution in [3.63, 3.8) is 0 Å². The standard InChI is InChI=1S/C19H29N7O3S2/c1-11(2)7-15(10-27)22-17-23-18(26-31(4,28)29)25-19(24-17)30-12(3)13-5-6-14(9-20)16(21)8-13/h5-6,8-9,11-12,15,20,27H,7,10,21H2,1-4H3,(H2,22,23,24,25,26)/t12?,15-/m1/s1. The zero-order chi connectivity index (χ0) is 23.2. The van der Waals surface area contributed by atoms with E-state index in [1.54, 1.807) is 12.1 Å². The quantitative estimate of drug-likeness (QED) is 0.189. The predicted molar refractivity (Wildman–Crippen MR) is 125 cm³/mol. The van der Waals surface area contributed by atoms with E-state index in [9.17, 15) is 13.5 Å². The number of aliphatic hydroxyl groups is 1. The van der Waals surface area contributed by atoms with Gasteiger partial charge < -0.3 is 21.6 Å². The van der Waals surface area contributed by atoms with Crippen LogP contribution in [0.4, 0.5) is 17.6 Å². The van der Waals surface area contributed by atoms with E-state index < -0.39 is 10.0 Å². The molecule has 0 radical (unpaired) electrons. The Kier molecular flexibility index (Phi) is 8.60. The molecule has 0 amide bonds. The van der Waals surface area contributed by atoms with Crippen molar-refractivity contribution in [1.82, 2.24) is 15.0 Å². The van der Waals surface area contributed by atoms with E-state index >= 15 is 0 Å². The highest BCUT2D eigenvalue weighted by Crippen LogP contribution is 2.34. The second-order valence-electron chi connectivity index (χ2n) is 7.59. The summed E-state index contributed by atoms with van der Waals surface area (Å²) in [6.07, 6.45) is 2.90.